The van der Waals surface area contributed by atoms with Gasteiger partial charge in [0.05, 0.1) is 6.42 Å². The van der Waals surface area contributed by atoms with Crippen LogP contribution in [-0.4, -0.2) is 48.7 Å². The second kappa shape index (κ2) is 6.08. The van der Waals surface area contributed by atoms with Crippen LogP contribution in [0.4, 0.5) is 0 Å². The number of hydrogen-bond donors (Lipinski definition) is 2. The quantitative estimate of drug-likeness (QED) is 0.686. The molecule has 2 unspecified atom stereocenters. The van der Waals surface area contributed by atoms with Crippen molar-refractivity contribution in [2.45, 2.75) is 32.2 Å². The summed E-state index contributed by atoms with van der Waals surface area (Å²) in [6.45, 7) is 5.04. The zero-order chi connectivity index (χ0) is 11.3. The molecule has 0 aromatic carbocycles. The van der Waals surface area contributed by atoms with Gasteiger partial charge < -0.3 is 15.3 Å². The maximum atomic E-state index is 10.4. The SMILES string of the molecule is CC1CCNC1CCN(C)CCC(=O)O. The monoisotopic (exact) mass is 214 g/mol. The number of aliphatic carboxylic acids is 1. The average molecular weight is 214 g/mol. The number of nitrogens with one attached hydrogen (secondary N) is 1. The van der Waals surface area contributed by atoms with Gasteiger partial charge in [-0.05, 0) is 38.9 Å². The van der Waals surface area contributed by atoms with Gasteiger partial charge in [0.2, 0.25) is 0 Å². The van der Waals surface area contributed by atoms with Gasteiger partial charge in [0.25, 0.3) is 0 Å². The lowest BCUT2D eigenvalue weighted by molar-refractivity contribution is -0.137. The maximum Gasteiger partial charge on any atom is 0.304 e. The minimum atomic E-state index is -0.714. The summed E-state index contributed by atoms with van der Waals surface area (Å²) >= 11 is 0. The van der Waals surface area contributed by atoms with Crippen LogP contribution in [0.2, 0.25) is 0 Å². The summed E-state index contributed by atoms with van der Waals surface area (Å²) < 4.78 is 0. The van der Waals surface area contributed by atoms with E-state index in [-0.39, 0.29) is 6.42 Å². The predicted octanol–water partition coefficient (Wildman–Crippen LogP) is 0.781. The average Bonchev–Trinajstić information content (AvgIpc) is 2.58. The molecular formula is C11H22N2O2. The summed E-state index contributed by atoms with van der Waals surface area (Å²) in [6, 6.07) is 0.622. The smallest absolute Gasteiger partial charge is 0.304 e. The molecule has 1 fully saturated rings. The standard InChI is InChI=1S/C11H22N2O2/c1-9-3-6-12-10(9)4-7-13(2)8-5-11(14)15/h9-10,12H,3-8H2,1-2H3,(H,14,15). The fourth-order valence-electron chi connectivity index (χ4n) is 2.04. The number of carboxylic acids is 1. The van der Waals surface area contributed by atoms with E-state index in [0.717, 1.165) is 25.4 Å². The lowest BCUT2D eigenvalue weighted by atomic mass is 10.0. The van der Waals surface area contributed by atoms with Crippen molar-refractivity contribution >= 4 is 5.97 Å². The lowest BCUT2D eigenvalue weighted by Gasteiger charge is -2.20. The molecule has 0 saturated carbocycles. The summed E-state index contributed by atoms with van der Waals surface area (Å²) in [5, 5.41) is 12.0. The number of nitrogens with zero attached hydrogens (tertiary/aromatic N) is 1. The summed E-state index contributed by atoms with van der Waals surface area (Å²) in [5.41, 5.74) is 0. The van der Waals surface area contributed by atoms with Crippen molar-refractivity contribution in [2.75, 3.05) is 26.7 Å². The highest BCUT2D eigenvalue weighted by Gasteiger charge is 2.22. The van der Waals surface area contributed by atoms with Crippen LogP contribution >= 0.6 is 0 Å². The molecule has 0 amide bonds. The van der Waals surface area contributed by atoms with Gasteiger partial charge in [0.15, 0.2) is 0 Å². The normalized spacial score (nSPS) is 26.1. The first kappa shape index (κ1) is 12.5. The molecule has 0 aliphatic carbocycles. The van der Waals surface area contributed by atoms with Crippen LogP contribution in [0.15, 0.2) is 0 Å². The zero-order valence-corrected chi connectivity index (χ0v) is 9.70. The molecule has 0 spiro atoms. The third-order valence-corrected chi connectivity index (χ3v) is 3.22. The molecule has 4 nitrogen and oxygen atoms in total. The van der Waals surface area contributed by atoms with E-state index in [1.54, 1.807) is 0 Å². The molecule has 0 aromatic rings. The van der Waals surface area contributed by atoms with Crippen LogP contribution in [0.5, 0.6) is 0 Å². The third-order valence-electron chi connectivity index (χ3n) is 3.22. The Morgan fingerprint density at radius 2 is 2.27 bits per heavy atom. The highest BCUT2D eigenvalue weighted by atomic mass is 16.4. The minimum absolute atomic E-state index is 0.240. The van der Waals surface area contributed by atoms with Crippen molar-refractivity contribution in [3.63, 3.8) is 0 Å². The first-order valence-electron chi connectivity index (χ1n) is 5.73. The van der Waals surface area contributed by atoms with E-state index in [9.17, 15) is 4.79 Å². The molecule has 88 valence electrons. The van der Waals surface area contributed by atoms with Crippen molar-refractivity contribution < 1.29 is 9.90 Å². The largest absolute Gasteiger partial charge is 0.481 e. The Balaban J connectivity index is 2.10. The molecule has 2 atom stereocenters. The van der Waals surface area contributed by atoms with E-state index in [1.165, 1.54) is 6.42 Å². The van der Waals surface area contributed by atoms with Gasteiger partial charge in [-0.15, -0.1) is 0 Å². The van der Waals surface area contributed by atoms with E-state index in [1.807, 2.05) is 7.05 Å². The molecule has 2 N–H and O–H groups in total. The Labute approximate surface area is 91.6 Å². The van der Waals surface area contributed by atoms with Crippen LogP contribution < -0.4 is 5.32 Å². The van der Waals surface area contributed by atoms with Gasteiger partial charge in [0.1, 0.15) is 0 Å². The Kier molecular flexibility index (Phi) is 5.05. The molecule has 1 rings (SSSR count). The van der Waals surface area contributed by atoms with E-state index in [2.05, 4.69) is 17.1 Å². The molecule has 1 saturated heterocycles. The summed E-state index contributed by atoms with van der Waals surface area (Å²) in [4.78, 5) is 12.5. The maximum absolute atomic E-state index is 10.4. The van der Waals surface area contributed by atoms with Crippen LogP contribution in [0.1, 0.15) is 26.2 Å². The molecule has 1 aliphatic rings. The van der Waals surface area contributed by atoms with Crippen molar-refractivity contribution in [1.82, 2.24) is 10.2 Å². The Morgan fingerprint density at radius 1 is 1.53 bits per heavy atom. The Morgan fingerprint density at radius 3 is 2.80 bits per heavy atom. The van der Waals surface area contributed by atoms with Crippen LogP contribution in [-0.2, 0) is 4.79 Å². The summed E-state index contributed by atoms with van der Waals surface area (Å²) in [5.74, 6) is 0.0482. The number of carboxylic acid groups (broad SMARTS) is 1. The van der Waals surface area contributed by atoms with Crippen molar-refractivity contribution in [2.24, 2.45) is 5.92 Å². The van der Waals surface area contributed by atoms with E-state index < -0.39 is 5.97 Å². The minimum Gasteiger partial charge on any atom is -0.481 e. The molecule has 0 bridgehead atoms. The van der Waals surface area contributed by atoms with E-state index >= 15 is 0 Å². The molecule has 15 heavy (non-hydrogen) atoms. The predicted molar refractivity (Wildman–Crippen MR) is 59.9 cm³/mol. The topological polar surface area (TPSA) is 52.6 Å². The van der Waals surface area contributed by atoms with Gasteiger partial charge in [0, 0.05) is 12.6 Å². The van der Waals surface area contributed by atoms with Crippen molar-refractivity contribution in [3.8, 4) is 0 Å². The third kappa shape index (κ3) is 4.62. The summed E-state index contributed by atoms with van der Waals surface area (Å²) in [6.07, 6.45) is 2.63. The number of hydrogen-bond acceptors (Lipinski definition) is 3. The zero-order valence-electron chi connectivity index (χ0n) is 9.70. The van der Waals surface area contributed by atoms with Crippen LogP contribution in [0, 0.1) is 5.92 Å². The van der Waals surface area contributed by atoms with Crippen LogP contribution in [0.3, 0.4) is 0 Å². The van der Waals surface area contributed by atoms with E-state index in [0.29, 0.717) is 12.6 Å². The molecule has 1 aliphatic heterocycles. The summed E-state index contributed by atoms with van der Waals surface area (Å²) in [7, 11) is 1.99. The second-order valence-corrected chi connectivity index (χ2v) is 4.56. The fraction of sp³-hybridized carbons (Fsp3) is 0.909. The van der Waals surface area contributed by atoms with E-state index in [4.69, 9.17) is 5.11 Å². The van der Waals surface area contributed by atoms with Gasteiger partial charge in [-0.25, -0.2) is 0 Å². The Bertz CT molecular complexity index is 209. The van der Waals surface area contributed by atoms with Gasteiger partial charge in [-0.1, -0.05) is 6.92 Å². The fourth-order valence-corrected chi connectivity index (χ4v) is 2.04. The second-order valence-electron chi connectivity index (χ2n) is 4.56. The first-order chi connectivity index (χ1) is 7.09. The van der Waals surface area contributed by atoms with Crippen LogP contribution in [0.25, 0.3) is 0 Å². The molecule has 0 aromatic heterocycles. The molecule has 0 radical (unpaired) electrons. The van der Waals surface area contributed by atoms with Gasteiger partial charge in [-0.3, -0.25) is 4.79 Å². The highest BCUT2D eigenvalue weighted by Crippen LogP contribution is 2.17. The lowest BCUT2D eigenvalue weighted by Crippen LogP contribution is -2.32. The molecular weight excluding hydrogens is 192 g/mol. The molecule has 4 heteroatoms. The first-order valence-corrected chi connectivity index (χ1v) is 5.73. The van der Waals surface area contributed by atoms with Gasteiger partial charge in [-0.2, -0.15) is 0 Å². The number of rotatable bonds is 6. The highest BCUT2D eigenvalue weighted by molar-refractivity contribution is 5.66. The van der Waals surface area contributed by atoms with Crippen molar-refractivity contribution in [3.05, 3.63) is 0 Å². The van der Waals surface area contributed by atoms with Gasteiger partial charge >= 0.3 is 5.97 Å². The van der Waals surface area contributed by atoms with Crippen molar-refractivity contribution in [1.29, 1.82) is 0 Å². The molecule has 1 heterocycles. The Hall–Kier alpha value is -0.610. The number of carbonyl (C=O) groups is 1.